The normalized spacial score (nSPS) is 25.1. The van der Waals surface area contributed by atoms with E-state index in [4.69, 9.17) is 16.3 Å². The van der Waals surface area contributed by atoms with Gasteiger partial charge in [0, 0.05) is 18.0 Å². The van der Waals surface area contributed by atoms with Gasteiger partial charge >= 0.3 is 5.97 Å². The van der Waals surface area contributed by atoms with Crippen molar-refractivity contribution in [2.24, 2.45) is 5.41 Å². The molecule has 20 heavy (non-hydrogen) atoms. The molecular weight excluding hydrogens is 278 g/mol. The molecule has 1 unspecified atom stereocenters. The summed E-state index contributed by atoms with van der Waals surface area (Å²) in [5, 5.41) is 13.5. The molecule has 2 N–H and O–H groups in total. The van der Waals surface area contributed by atoms with E-state index in [1.807, 2.05) is 12.1 Å². The Labute approximate surface area is 123 Å². The molecule has 3 rings (SSSR count). The lowest BCUT2D eigenvalue weighted by atomic mass is 9.75. The summed E-state index contributed by atoms with van der Waals surface area (Å²) in [4.78, 5) is 11.8. The summed E-state index contributed by atoms with van der Waals surface area (Å²) in [6.07, 6.45) is 2.89. The quantitative estimate of drug-likeness (QED) is 0.898. The first-order valence-electron chi connectivity index (χ1n) is 6.99. The second-order valence-corrected chi connectivity index (χ2v) is 6.13. The number of carboxylic acids is 1. The number of carbonyl (C=O) groups is 1. The molecule has 108 valence electrons. The maximum absolute atomic E-state index is 11.8. The van der Waals surface area contributed by atoms with Crippen LogP contribution in [0.25, 0.3) is 0 Å². The maximum Gasteiger partial charge on any atom is 0.311 e. The molecule has 0 amide bonds. The number of piperidine rings is 1. The van der Waals surface area contributed by atoms with E-state index in [0.29, 0.717) is 31.0 Å². The monoisotopic (exact) mass is 295 g/mol. The summed E-state index contributed by atoms with van der Waals surface area (Å²) in [5.74, 6) is 0.108. The third-order valence-electron chi connectivity index (χ3n) is 4.28. The number of fused-ring (bicyclic) bond motifs is 1. The molecule has 0 bridgehead atoms. The highest BCUT2D eigenvalue weighted by atomic mass is 35.5. The van der Waals surface area contributed by atoms with Gasteiger partial charge in [0.15, 0.2) is 0 Å². The van der Waals surface area contributed by atoms with E-state index in [-0.39, 0.29) is 0 Å². The summed E-state index contributed by atoms with van der Waals surface area (Å²) < 4.78 is 5.68. The van der Waals surface area contributed by atoms with E-state index in [9.17, 15) is 9.90 Å². The Morgan fingerprint density at radius 2 is 2.35 bits per heavy atom. The maximum atomic E-state index is 11.8. The van der Waals surface area contributed by atoms with Gasteiger partial charge < -0.3 is 15.2 Å². The molecule has 0 radical (unpaired) electrons. The van der Waals surface area contributed by atoms with Crippen LogP contribution in [-0.4, -0.2) is 30.8 Å². The van der Waals surface area contributed by atoms with Gasteiger partial charge in [-0.3, -0.25) is 4.79 Å². The van der Waals surface area contributed by atoms with Gasteiger partial charge in [0.05, 0.1) is 12.0 Å². The van der Waals surface area contributed by atoms with Gasteiger partial charge in [-0.2, -0.15) is 0 Å². The second kappa shape index (κ2) is 5.26. The lowest BCUT2D eigenvalue weighted by Gasteiger charge is -2.34. The standard InChI is InChI=1S/C15H18ClNO3/c16-12-6-10-2-5-20-13(10)11(7-12)8-15(14(18)19)3-1-4-17-9-15/h6-7,17H,1-5,8-9H2,(H,18,19). The van der Waals surface area contributed by atoms with E-state index in [1.165, 1.54) is 0 Å². The van der Waals surface area contributed by atoms with Crippen LogP contribution in [-0.2, 0) is 17.6 Å². The van der Waals surface area contributed by atoms with Gasteiger partial charge in [-0.1, -0.05) is 11.6 Å². The molecule has 0 aliphatic carbocycles. The Hall–Kier alpha value is -1.26. The number of rotatable bonds is 3. The van der Waals surface area contributed by atoms with E-state index < -0.39 is 11.4 Å². The highest BCUT2D eigenvalue weighted by Crippen LogP contribution is 2.39. The van der Waals surface area contributed by atoms with Crippen LogP contribution in [0.15, 0.2) is 12.1 Å². The van der Waals surface area contributed by atoms with Crippen LogP contribution in [0.5, 0.6) is 5.75 Å². The molecule has 1 atom stereocenters. The van der Waals surface area contributed by atoms with Crippen LogP contribution >= 0.6 is 11.6 Å². The Bertz CT molecular complexity index is 538. The Balaban J connectivity index is 1.95. The minimum absolute atomic E-state index is 0.470. The van der Waals surface area contributed by atoms with Gasteiger partial charge in [-0.15, -0.1) is 0 Å². The van der Waals surface area contributed by atoms with E-state index in [2.05, 4.69) is 5.32 Å². The minimum Gasteiger partial charge on any atom is -0.493 e. The number of nitrogens with one attached hydrogen (secondary N) is 1. The second-order valence-electron chi connectivity index (χ2n) is 5.69. The van der Waals surface area contributed by atoms with Crippen molar-refractivity contribution in [3.63, 3.8) is 0 Å². The summed E-state index contributed by atoms with van der Waals surface area (Å²) in [5.41, 5.74) is 1.27. The molecule has 1 fully saturated rings. The van der Waals surface area contributed by atoms with Crippen molar-refractivity contribution in [1.29, 1.82) is 0 Å². The van der Waals surface area contributed by atoms with Crippen molar-refractivity contribution < 1.29 is 14.6 Å². The fourth-order valence-electron chi connectivity index (χ4n) is 3.22. The Morgan fingerprint density at radius 3 is 3.05 bits per heavy atom. The lowest BCUT2D eigenvalue weighted by molar-refractivity contribution is -0.150. The van der Waals surface area contributed by atoms with Crippen molar-refractivity contribution in [2.75, 3.05) is 19.7 Å². The lowest BCUT2D eigenvalue weighted by Crippen LogP contribution is -2.47. The average Bonchev–Trinajstić information content (AvgIpc) is 2.88. The Morgan fingerprint density at radius 1 is 1.50 bits per heavy atom. The number of aliphatic carboxylic acids is 1. The number of carboxylic acid groups (broad SMARTS) is 1. The van der Waals surface area contributed by atoms with Crippen molar-refractivity contribution in [3.05, 3.63) is 28.3 Å². The first-order chi connectivity index (χ1) is 9.61. The van der Waals surface area contributed by atoms with E-state index in [0.717, 1.165) is 36.3 Å². The van der Waals surface area contributed by atoms with Gasteiger partial charge in [0.1, 0.15) is 5.75 Å². The zero-order chi connectivity index (χ0) is 14.2. The number of ether oxygens (including phenoxy) is 1. The van der Waals surface area contributed by atoms with Crippen LogP contribution in [0.3, 0.4) is 0 Å². The molecule has 0 spiro atoms. The molecule has 1 aromatic carbocycles. The zero-order valence-corrected chi connectivity index (χ0v) is 12.0. The first kappa shape index (κ1) is 13.7. The fourth-order valence-corrected chi connectivity index (χ4v) is 3.48. The molecule has 2 heterocycles. The molecule has 0 saturated carbocycles. The smallest absolute Gasteiger partial charge is 0.311 e. The predicted octanol–water partition coefficient (Wildman–Crippen LogP) is 2.27. The number of hydrogen-bond acceptors (Lipinski definition) is 3. The van der Waals surface area contributed by atoms with Crippen LogP contribution in [0.2, 0.25) is 5.02 Å². The van der Waals surface area contributed by atoms with Crippen LogP contribution < -0.4 is 10.1 Å². The van der Waals surface area contributed by atoms with Gasteiger partial charge in [-0.25, -0.2) is 0 Å². The number of hydrogen-bond donors (Lipinski definition) is 2. The van der Waals surface area contributed by atoms with Gasteiger partial charge in [-0.05, 0) is 49.1 Å². The van der Waals surface area contributed by atoms with E-state index >= 15 is 0 Å². The molecule has 5 heteroatoms. The number of benzene rings is 1. The van der Waals surface area contributed by atoms with Crippen molar-refractivity contribution in [1.82, 2.24) is 5.32 Å². The molecule has 1 saturated heterocycles. The minimum atomic E-state index is -0.747. The summed E-state index contributed by atoms with van der Waals surface area (Å²) >= 11 is 6.15. The van der Waals surface area contributed by atoms with Crippen molar-refractivity contribution in [2.45, 2.75) is 25.7 Å². The highest BCUT2D eigenvalue weighted by Gasteiger charge is 2.41. The zero-order valence-electron chi connectivity index (χ0n) is 11.2. The largest absolute Gasteiger partial charge is 0.493 e. The Kier molecular flexibility index (Phi) is 3.61. The van der Waals surface area contributed by atoms with Crippen molar-refractivity contribution >= 4 is 17.6 Å². The summed E-state index contributed by atoms with van der Waals surface area (Å²) in [6, 6.07) is 3.77. The van der Waals surface area contributed by atoms with Crippen LogP contribution in [0.1, 0.15) is 24.0 Å². The molecular formula is C15H18ClNO3. The van der Waals surface area contributed by atoms with Crippen LogP contribution in [0.4, 0.5) is 0 Å². The predicted molar refractivity (Wildman–Crippen MR) is 76.5 cm³/mol. The van der Waals surface area contributed by atoms with Gasteiger partial charge in [0.25, 0.3) is 0 Å². The highest BCUT2D eigenvalue weighted by molar-refractivity contribution is 6.30. The third-order valence-corrected chi connectivity index (χ3v) is 4.50. The third kappa shape index (κ3) is 2.38. The molecule has 0 aromatic heterocycles. The van der Waals surface area contributed by atoms with Crippen molar-refractivity contribution in [3.8, 4) is 5.75 Å². The SMILES string of the molecule is O=C(O)C1(Cc2cc(Cl)cc3c2OCC3)CCCNC1. The topological polar surface area (TPSA) is 58.6 Å². The first-order valence-corrected chi connectivity index (χ1v) is 7.37. The van der Waals surface area contributed by atoms with E-state index in [1.54, 1.807) is 0 Å². The molecule has 1 aromatic rings. The summed E-state index contributed by atoms with van der Waals surface area (Å²) in [7, 11) is 0. The van der Waals surface area contributed by atoms with Gasteiger partial charge in [0.2, 0.25) is 0 Å². The molecule has 4 nitrogen and oxygen atoms in total. The fraction of sp³-hybridized carbons (Fsp3) is 0.533. The van der Waals surface area contributed by atoms with Crippen LogP contribution in [0, 0.1) is 5.41 Å². The molecule has 2 aliphatic heterocycles. The summed E-state index contributed by atoms with van der Waals surface area (Å²) in [6.45, 7) is 2.05. The molecule has 2 aliphatic rings. The number of halogens is 1. The average molecular weight is 296 g/mol.